The average molecular weight is 465 g/mol. The van der Waals surface area contributed by atoms with E-state index < -0.39 is 18.5 Å². The van der Waals surface area contributed by atoms with E-state index in [0.29, 0.717) is 16.4 Å². The van der Waals surface area contributed by atoms with Gasteiger partial charge in [-0.05, 0) is 73.7 Å². The number of carbonyl (C=O) groups is 4. The van der Waals surface area contributed by atoms with E-state index in [0.717, 1.165) is 6.42 Å². The van der Waals surface area contributed by atoms with Gasteiger partial charge in [0.05, 0.1) is 23.1 Å². The zero-order chi connectivity index (χ0) is 23.3. The molecule has 0 aromatic heterocycles. The number of benzene rings is 2. The molecule has 1 N–H and O–H groups in total. The molecule has 8 heteroatoms. The Labute approximate surface area is 195 Å². The fourth-order valence-corrected chi connectivity index (χ4v) is 5.35. The van der Waals surface area contributed by atoms with Crippen LogP contribution in [0.15, 0.2) is 60.2 Å². The Balaban J connectivity index is 1.21. The molecule has 3 amide bonds. The van der Waals surface area contributed by atoms with Gasteiger partial charge in [-0.15, -0.1) is 0 Å². The van der Waals surface area contributed by atoms with Crippen LogP contribution in [0.5, 0.6) is 0 Å². The van der Waals surface area contributed by atoms with Crippen LogP contribution < -0.4 is 10.2 Å². The highest BCUT2D eigenvalue weighted by molar-refractivity contribution is 6.30. The molecule has 33 heavy (non-hydrogen) atoms. The Bertz CT molecular complexity index is 1190. The van der Waals surface area contributed by atoms with Gasteiger partial charge in [0.1, 0.15) is 0 Å². The highest BCUT2D eigenvalue weighted by atomic mass is 35.5. The highest BCUT2D eigenvalue weighted by Crippen LogP contribution is 2.55. The summed E-state index contributed by atoms with van der Waals surface area (Å²) < 4.78 is 5.07. The molecule has 7 nitrogen and oxygen atoms in total. The number of fused-ring (bicyclic) bond motifs is 5. The van der Waals surface area contributed by atoms with E-state index in [1.54, 1.807) is 36.4 Å². The second-order valence-electron chi connectivity index (χ2n) is 8.66. The first-order chi connectivity index (χ1) is 15.8. The van der Waals surface area contributed by atoms with Gasteiger partial charge in [0.15, 0.2) is 6.61 Å². The highest BCUT2D eigenvalue weighted by Gasteiger charge is 2.60. The zero-order valence-electron chi connectivity index (χ0n) is 17.8. The summed E-state index contributed by atoms with van der Waals surface area (Å²) >= 11 is 5.81. The molecule has 0 spiro atoms. The van der Waals surface area contributed by atoms with Crippen molar-refractivity contribution >= 4 is 46.7 Å². The van der Waals surface area contributed by atoms with E-state index in [-0.39, 0.29) is 41.0 Å². The maximum atomic E-state index is 13.0. The minimum absolute atomic E-state index is 0.134. The second kappa shape index (κ2) is 8.15. The molecule has 1 saturated carbocycles. The first-order valence-electron chi connectivity index (χ1n) is 10.7. The number of hydrogen-bond acceptors (Lipinski definition) is 5. The molecule has 2 bridgehead atoms. The standard InChI is InChI=1S/C25H21ClN2O5/c1-13-10-15-11-19(13)22-21(15)23(30)28(24(22)31)18-8-2-14(3-9-18)25(32)33-12-20(29)27-17-6-4-16(26)5-7-17/h2-10,15,19,21-22H,11-12H2,1H3,(H,27,29)/t15-,19+,21+,22-/m0/s1. The molecule has 2 aromatic rings. The Morgan fingerprint density at radius 1 is 1.03 bits per heavy atom. The number of allylic oxidation sites excluding steroid dienone is 2. The van der Waals surface area contributed by atoms with Gasteiger partial charge in [0.2, 0.25) is 11.8 Å². The van der Waals surface area contributed by atoms with E-state index >= 15 is 0 Å². The minimum Gasteiger partial charge on any atom is -0.452 e. The molecule has 2 aromatic carbocycles. The lowest BCUT2D eigenvalue weighted by Gasteiger charge is -2.19. The van der Waals surface area contributed by atoms with E-state index in [1.165, 1.54) is 22.6 Å². The van der Waals surface area contributed by atoms with Crippen LogP contribution in [0, 0.1) is 23.7 Å². The number of nitrogens with zero attached hydrogens (tertiary/aromatic N) is 1. The van der Waals surface area contributed by atoms with Crippen molar-refractivity contribution in [1.29, 1.82) is 0 Å². The Hall–Kier alpha value is -3.45. The summed E-state index contributed by atoms with van der Waals surface area (Å²) in [6.45, 7) is 1.57. The number of hydrogen-bond donors (Lipinski definition) is 1. The number of nitrogens with one attached hydrogen (secondary N) is 1. The summed E-state index contributed by atoms with van der Waals surface area (Å²) in [5, 5.41) is 3.15. The van der Waals surface area contributed by atoms with Crippen molar-refractivity contribution in [3.8, 4) is 0 Å². The van der Waals surface area contributed by atoms with E-state index in [4.69, 9.17) is 16.3 Å². The molecular formula is C25H21ClN2O5. The number of esters is 1. The molecule has 2 aliphatic carbocycles. The minimum atomic E-state index is -0.679. The number of amides is 3. The van der Waals surface area contributed by atoms with Gasteiger partial charge in [-0.25, -0.2) is 4.79 Å². The number of ether oxygens (including phenoxy) is 1. The summed E-state index contributed by atoms with van der Waals surface area (Å²) in [6.07, 6.45) is 3.01. The van der Waals surface area contributed by atoms with Gasteiger partial charge in [0, 0.05) is 10.7 Å². The van der Waals surface area contributed by atoms with Gasteiger partial charge >= 0.3 is 5.97 Å². The molecule has 5 rings (SSSR count). The van der Waals surface area contributed by atoms with Crippen LogP contribution in [0.25, 0.3) is 0 Å². The zero-order valence-corrected chi connectivity index (χ0v) is 18.5. The normalized spacial score (nSPS) is 25.2. The number of rotatable bonds is 5. The topological polar surface area (TPSA) is 92.8 Å². The van der Waals surface area contributed by atoms with Crippen LogP contribution >= 0.6 is 11.6 Å². The molecule has 1 heterocycles. The molecule has 4 atom stereocenters. The van der Waals surface area contributed by atoms with Crippen LogP contribution in [0.1, 0.15) is 23.7 Å². The first-order valence-corrected chi connectivity index (χ1v) is 11.1. The van der Waals surface area contributed by atoms with E-state index in [1.807, 2.05) is 6.92 Å². The number of anilines is 2. The summed E-state index contributed by atoms with van der Waals surface area (Å²) in [7, 11) is 0. The predicted molar refractivity (Wildman–Crippen MR) is 122 cm³/mol. The van der Waals surface area contributed by atoms with Crippen molar-refractivity contribution in [3.05, 3.63) is 70.8 Å². The van der Waals surface area contributed by atoms with Gasteiger partial charge in [-0.2, -0.15) is 0 Å². The first kappa shape index (κ1) is 21.4. The molecule has 168 valence electrons. The van der Waals surface area contributed by atoms with Crippen molar-refractivity contribution in [3.63, 3.8) is 0 Å². The van der Waals surface area contributed by atoms with Crippen molar-refractivity contribution < 1.29 is 23.9 Å². The number of halogens is 1. The Kier molecular flexibility index (Phi) is 5.29. The fourth-order valence-electron chi connectivity index (χ4n) is 5.22. The average Bonchev–Trinajstić information content (AvgIpc) is 3.44. The lowest BCUT2D eigenvalue weighted by atomic mass is 9.82. The van der Waals surface area contributed by atoms with Crippen LogP contribution in [-0.2, 0) is 19.1 Å². The Morgan fingerprint density at radius 3 is 2.39 bits per heavy atom. The Morgan fingerprint density at radius 2 is 1.70 bits per heavy atom. The third-order valence-electron chi connectivity index (χ3n) is 6.70. The molecule has 2 fully saturated rings. The van der Waals surface area contributed by atoms with Gasteiger partial charge < -0.3 is 10.1 Å². The van der Waals surface area contributed by atoms with Crippen LogP contribution in [0.2, 0.25) is 5.02 Å². The van der Waals surface area contributed by atoms with Gasteiger partial charge in [-0.1, -0.05) is 23.3 Å². The summed E-state index contributed by atoms with van der Waals surface area (Å²) in [5.41, 5.74) is 2.39. The smallest absolute Gasteiger partial charge is 0.338 e. The predicted octanol–water partition coefficient (Wildman–Crippen LogP) is 3.84. The lowest BCUT2D eigenvalue weighted by Crippen LogP contribution is -2.33. The van der Waals surface area contributed by atoms with Crippen LogP contribution in [0.4, 0.5) is 11.4 Å². The van der Waals surface area contributed by atoms with Gasteiger partial charge in [0.25, 0.3) is 5.91 Å². The molecule has 0 radical (unpaired) electrons. The summed E-state index contributed by atoms with van der Waals surface area (Å²) in [5.74, 6) is -1.78. The molecular weight excluding hydrogens is 444 g/mol. The SMILES string of the molecule is CC1=C[C@H]2C[C@H]1[C@@H]1C(=O)N(c3ccc(C(=O)OCC(=O)Nc4ccc(Cl)cc4)cc3)C(=O)[C@@H]12. The van der Waals surface area contributed by atoms with Crippen molar-refractivity contribution in [2.45, 2.75) is 13.3 Å². The van der Waals surface area contributed by atoms with Crippen molar-refractivity contribution in [2.75, 3.05) is 16.8 Å². The maximum Gasteiger partial charge on any atom is 0.338 e. The van der Waals surface area contributed by atoms with Crippen molar-refractivity contribution in [2.24, 2.45) is 23.7 Å². The number of carbonyl (C=O) groups excluding carboxylic acids is 4. The molecule has 3 aliphatic rings. The molecule has 0 unspecified atom stereocenters. The monoisotopic (exact) mass is 464 g/mol. The van der Waals surface area contributed by atoms with E-state index in [9.17, 15) is 19.2 Å². The van der Waals surface area contributed by atoms with Crippen molar-refractivity contribution in [1.82, 2.24) is 0 Å². The second-order valence-corrected chi connectivity index (χ2v) is 9.09. The lowest BCUT2D eigenvalue weighted by molar-refractivity contribution is -0.123. The van der Waals surface area contributed by atoms with Crippen LogP contribution in [-0.4, -0.2) is 30.3 Å². The third kappa shape index (κ3) is 3.72. The maximum absolute atomic E-state index is 13.0. The molecule has 1 saturated heterocycles. The largest absolute Gasteiger partial charge is 0.452 e. The molecule has 1 aliphatic heterocycles. The van der Waals surface area contributed by atoms with Gasteiger partial charge in [-0.3, -0.25) is 19.3 Å². The summed E-state index contributed by atoms with van der Waals surface area (Å²) in [6, 6.07) is 12.6. The van der Waals surface area contributed by atoms with E-state index in [2.05, 4.69) is 11.4 Å². The quantitative estimate of drug-likeness (QED) is 0.412. The fraction of sp³-hybridized carbons (Fsp3) is 0.280. The van der Waals surface area contributed by atoms with Crippen LogP contribution in [0.3, 0.4) is 0 Å². The number of imide groups is 1. The summed E-state index contributed by atoms with van der Waals surface area (Å²) in [4.78, 5) is 51.6. The third-order valence-corrected chi connectivity index (χ3v) is 6.96.